The molecular weight excluding hydrogens is 730 g/mol. The second-order valence-electron chi connectivity index (χ2n) is 7.45. The molecule has 4 aromatic rings. The van der Waals surface area contributed by atoms with Gasteiger partial charge in [-0.15, -0.1) is 0 Å². The molecule has 186 valence electrons. The van der Waals surface area contributed by atoms with Crippen LogP contribution in [-0.2, 0) is 20.5 Å². The molecule has 3 heterocycles. The summed E-state index contributed by atoms with van der Waals surface area (Å²) in [5, 5.41) is 5.66. The third-order valence-corrected chi connectivity index (χ3v) is 6.94. The van der Waals surface area contributed by atoms with Crippen LogP contribution in [0.4, 0.5) is 0 Å². The summed E-state index contributed by atoms with van der Waals surface area (Å²) in [7, 11) is -8.04. The van der Waals surface area contributed by atoms with Crippen LogP contribution in [0.5, 0.6) is 23.0 Å². The third-order valence-electron chi connectivity index (χ3n) is 5.24. The van der Waals surface area contributed by atoms with Gasteiger partial charge in [0.1, 0.15) is 7.05 Å². The molecule has 4 N–H and O–H groups in total. The van der Waals surface area contributed by atoms with Crippen LogP contribution in [0.1, 0.15) is 0 Å². The molecule has 0 atom stereocenters. The standard InChI is InChI=1S/C20H14NO4.H4O7P2.2Sn/c1-21-8-15-12(4-5-16-20(15)25-10-22-16)13-3-2-11-6-17-18(24-9-23-17)7-14(11)19(13)21;1-8(2,3)7-9(4,5)6;;/h2-8H,9-10H2,1H3;(H2,1,2,3)(H2,4,5,6);;/q+1;;;. The Kier molecular flexibility index (Phi) is 8.76. The molecule has 1 aromatic heterocycles. The molecule has 8 radical (unpaired) electrons. The van der Waals surface area contributed by atoms with Crippen molar-refractivity contribution in [2.24, 2.45) is 7.05 Å². The Morgan fingerprint density at radius 3 is 1.97 bits per heavy atom. The number of aromatic nitrogens is 1. The number of nitrogens with zero attached hydrogens (tertiary/aromatic N) is 1. The molecule has 0 amide bonds. The van der Waals surface area contributed by atoms with E-state index in [1.807, 2.05) is 12.1 Å². The molecule has 0 fully saturated rings. The van der Waals surface area contributed by atoms with E-state index >= 15 is 0 Å². The molecule has 0 saturated carbocycles. The van der Waals surface area contributed by atoms with Gasteiger partial charge in [0, 0.05) is 53.2 Å². The number of ether oxygens (including phenoxy) is 4. The van der Waals surface area contributed by atoms with E-state index in [1.165, 1.54) is 5.39 Å². The van der Waals surface area contributed by atoms with Crippen molar-refractivity contribution in [2.75, 3.05) is 13.6 Å². The van der Waals surface area contributed by atoms with Crippen molar-refractivity contribution in [3.63, 3.8) is 0 Å². The van der Waals surface area contributed by atoms with E-state index in [1.54, 1.807) is 0 Å². The largest absolute Gasteiger partial charge is 0.478 e. The number of rotatable bonds is 2. The van der Waals surface area contributed by atoms with Gasteiger partial charge in [-0.2, -0.15) is 8.88 Å². The normalized spacial score (nSPS) is 13.7. The topological polar surface area (TPSA) is 165 Å². The zero-order chi connectivity index (χ0) is 24.3. The first-order chi connectivity index (χ1) is 16.0. The Morgan fingerprint density at radius 2 is 1.33 bits per heavy atom. The fourth-order valence-corrected chi connectivity index (χ4v) is 5.16. The van der Waals surface area contributed by atoms with Gasteiger partial charge in [0.2, 0.25) is 19.1 Å². The van der Waals surface area contributed by atoms with Crippen LogP contribution in [0, 0.1) is 0 Å². The number of benzene rings is 3. The summed E-state index contributed by atoms with van der Waals surface area (Å²) in [5.74, 6) is 3.22. The third kappa shape index (κ3) is 5.87. The van der Waals surface area contributed by atoms with Crippen molar-refractivity contribution in [3.8, 4) is 23.0 Å². The second-order valence-corrected chi connectivity index (χ2v) is 10.1. The first-order valence-corrected chi connectivity index (χ1v) is 12.8. The molecule has 0 saturated heterocycles. The molecule has 0 bridgehead atoms. The van der Waals surface area contributed by atoms with Crippen LogP contribution in [0.2, 0.25) is 0 Å². The summed E-state index contributed by atoms with van der Waals surface area (Å²) in [6, 6.07) is 12.5. The number of hydrogen-bond donors (Lipinski definition) is 4. The van der Waals surface area contributed by atoms with Crippen molar-refractivity contribution in [3.05, 3.63) is 42.6 Å². The zero-order valence-electron chi connectivity index (χ0n) is 18.4. The minimum absolute atomic E-state index is 0. The van der Waals surface area contributed by atoms with E-state index < -0.39 is 15.6 Å². The number of fused-ring (bicyclic) bond motifs is 8. The molecule has 0 spiro atoms. The molecular formula is C20H18NO11P2Sn2+. The van der Waals surface area contributed by atoms with Gasteiger partial charge in [-0.05, 0) is 35.7 Å². The fourth-order valence-electron chi connectivity index (χ4n) is 4.05. The number of phosphoric acid groups is 2. The van der Waals surface area contributed by atoms with Crippen LogP contribution in [0.3, 0.4) is 0 Å². The molecule has 12 nitrogen and oxygen atoms in total. The number of hydrogen-bond acceptors (Lipinski definition) is 7. The van der Waals surface area contributed by atoms with E-state index in [0.717, 1.165) is 50.1 Å². The van der Waals surface area contributed by atoms with E-state index in [2.05, 4.69) is 46.4 Å². The van der Waals surface area contributed by atoms with Gasteiger partial charge in [-0.1, -0.05) is 6.07 Å². The first kappa shape index (κ1) is 29.2. The smallest absolute Gasteiger partial charge is 0.454 e. The molecule has 36 heavy (non-hydrogen) atoms. The maximum absolute atomic E-state index is 9.63. The summed E-state index contributed by atoms with van der Waals surface area (Å²) in [6.07, 6.45) is 2.11. The van der Waals surface area contributed by atoms with E-state index in [9.17, 15) is 9.13 Å². The number of aryl methyl sites for hydroxylation is 1. The van der Waals surface area contributed by atoms with Crippen molar-refractivity contribution in [1.29, 1.82) is 0 Å². The average molecular weight is 748 g/mol. The van der Waals surface area contributed by atoms with Gasteiger partial charge >= 0.3 is 15.6 Å². The summed E-state index contributed by atoms with van der Waals surface area (Å²) in [5.41, 5.74) is 1.15. The van der Waals surface area contributed by atoms with Gasteiger partial charge in [-0.25, -0.2) is 9.13 Å². The second kappa shape index (κ2) is 10.8. The Morgan fingerprint density at radius 1 is 0.750 bits per heavy atom. The quantitative estimate of drug-likeness (QED) is 0.102. The Balaban J connectivity index is 0.000000287. The maximum atomic E-state index is 9.63. The minimum atomic E-state index is -5.05. The van der Waals surface area contributed by atoms with Crippen molar-refractivity contribution >= 4 is 95.9 Å². The summed E-state index contributed by atoms with van der Waals surface area (Å²) < 4.78 is 46.6. The monoisotopic (exact) mass is 750 g/mol. The van der Waals surface area contributed by atoms with Crippen LogP contribution < -0.4 is 23.5 Å². The van der Waals surface area contributed by atoms with Crippen LogP contribution >= 0.6 is 15.6 Å². The molecule has 3 aromatic carbocycles. The van der Waals surface area contributed by atoms with Crippen LogP contribution in [0.25, 0.3) is 32.4 Å². The minimum Gasteiger partial charge on any atom is -0.454 e. The molecule has 6 rings (SSSR count). The summed E-state index contributed by atoms with van der Waals surface area (Å²) in [6.45, 7) is 0.555. The van der Waals surface area contributed by atoms with Crippen LogP contribution in [0.15, 0.2) is 42.6 Å². The Hall–Kier alpha value is -1.35. The fraction of sp³-hybridized carbons (Fsp3) is 0.150. The molecule has 2 aliphatic rings. The maximum Gasteiger partial charge on any atom is 0.478 e. The summed E-state index contributed by atoms with van der Waals surface area (Å²) >= 11 is 0. The first-order valence-electron chi connectivity index (χ1n) is 9.70. The number of pyridine rings is 1. The molecule has 0 unspecified atom stereocenters. The molecule has 0 aliphatic carbocycles. The van der Waals surface area contributed by atoms with Gasteiger partial charge in [0.15, 0.2) is 29.2 Å². The van der Waals surface area contributed by atoms with Crippen LogP contribution in [-0.4, -0.2) is 81.0 Å². The van der Waals surface area contributed by atoms with Crippen molar-refractivity contribution in [1.82, 2.24) is 0 Å². The Bertz CT molecular complexity index is 1550. The van der Waals surface area contributed by atoms with E-state index in [4.69, 9.17) is 38.5 Å². The van der Waals surface area contributed by atoms with E-state index in [0.29, 0.717) is 0 Å². The predicted octanol–water partition coefficient (Wildman–Crippen LogP) is 1.85. The Labute approximate surface area is 237 Å². The van der Waals surface area contributed by atoms with Gasteiger partial charge in [0.05, 0.1) is 16.2 Å². The predicted molar refractivity (Wildman–Crippen MR) is 129 cm³/mol. The van der Waals surface area contributed by atoms with Gasteiger partial charge < -0.3 is 38.5 Å². The zero-order valence-corrected chi connectivity index (χ0v) is 25.9. The molecule has 2 aliphatic heterocycles. The average Bonchev–Trinajstić information content (AvgIpc) is 3.38. The van der Waals surface area contributed by atoms with Crippen molar-refractivity contribution < 1.29 is 56.5 Å². The van der Waals surface area contributed by atoms with E-state index in [-0.39, 0.29) is 61.4 Å². The van der Waals surface area contributed by atoms with Gasteiger partial charge in [0.25, 0.3) is 0 Å². The van der Waals surface area contributed by atoms with Gasteiger partial charge in [-0.3, -0.25) is 0 Å². The summed E-state index contributed by atoms with van der Waals surface area (Å²) in [4.78, 5) is 31.0. The molecule has 16 heteroatoms. The van der Waals surface area contributed by atoms with Crippen molar-refractivity contribution in [2.45, 2.75) is 0 Å². The SMILES string of the molecule is C[n+]1cc2c3c(ccc2c2ccc4cc5c(cc4c21)OCO5)OCO3.O=P(O)(O)OP(=O)(O)O.[Sn].[Sn].